The molecule has 0 heterocycles. The summed E-state index contributed by atoms with van der Waals surface area (Å²) in [7, 11) is 1.61. The number of rotatable bonds is 2. The van der Waals surface area contributed by atoms with Gasteiger partial charge in [0.25, 0.3) is 5.91 Å². The molecule has 0 aliphatic rings. The Bertz CT molecular complexity index is 258. The number of carbonyl (C=O) groups is 1. The minimum Gasteiger partial charge on any atom is -0.354 e. The average molecular weight is 165 g/mol. The van der Waals surface area contributed by atoms with Crippen LogP contribution in [0, 0.1) is 0 Å². The lowest BCUT2D eigenvalue weighted by molar-refractivity contribution is -0.409. The van der Waals surface area contributed by atoms with E-state index in [2.05, 4.69) is 11.1 Å². The first-order valence-corrected chi connectivity index (χ1v) is 3.85. The fraction of sp³-hybridized carbons (Fsp3) is 0.222. The summed E-state index contributed by atoms with van der Waals surface area (Å²) in [6.07, 6.45) is 0. The molecule has 12 heavy (non-hydrogen) atoms. The maximum Gasteiger partial charge on any atom is 0.282 e. The Morgan fingerprint density at radius 3 is 2.50 bits per heavy atom. The predicted octanol–water partition coefficient (Wildman–Crippen LogP) is -0.284. The second-order valence-electron chi connectivity index (χ2n) is 2.58. The number of amides is 1. The summed E-state index contributed by atoms with van der Waals surface area (Å²) in [6, 6.07) is 9.20. The van der Waals surface area contributed by atoms with Gasteiger partial charge in [-0.3, -0.25) is 4.79 Å². The average Bonchev–Trinajstić information content (AvgIpc) is 2.17. The van der Waals surface area contributed by atoms with Gasteiger partial charge in [0.15, 0.2) is 6.04 Å². The molecule has 0 radical (unpaired) electrons. The van der Waals surface area contributed by atoms with E-state index in [1.807, 2.05) is 30.3 Å². The summed E-state index contributed by atoms with van der Waals surface area (Å²) in [6.45, 7) is 0. The van der Waals surface area contributed by atoms with Crippen LogP contribution in [-0.4, -0.2) is 13.0 Å². The largest absolute Gasteiger partial charge is 0.354 e. The summed E-state index contributed by atoms with van der Waals surface area (Å²) in [5, 5.41) is 2.56. The van der Waals surface area contributed by atoms with Gasteiger partial charge in [-0.15, -0.1) is 0 Å². The zero-order chi connectivity index (χ0) is 8.97. The number of hydrogen-bond acceptors (Lipinski definition) is 1. The summed E-state index contributed by atoms with van der Waals surface area (Å²) in [5.74, 6) is -0.0544. The fourth-order valence-corrected chi connectivity index (χ4v) is 1.01. The molecule has 0 aliphatic heterocycles. The third-order valence-electron chi connectivity index (χ3n) is 1.76. The van der Waals surface area contributed by atoms with Crippen molar-refractivity contribution in [2.75, 3.05) is 7.05 Å². The van der Waals surface area contributed by atoms with E-state index in [0.717, 1.165) is 5.56 Å². The lowest BCUT2D eigenvalue weighted by Gasteiger charge is -2.05. The Labute approximate surface area is 71.6 Å². The number of benzene rings is 1. The molecular weight excluding hydrogens is 152 g/mol. The monoisotopic (exact) mass is 165 g/mol. The molecule has 0 aliphatic carbocycles. The molecule has 1 atom stereocenters. The van der Waals surface area contributed by atoms with Crippen LogP contribution in [0.25, 0.3) is 0 Å². The van der Waals surface area contributed by atoms with Crippen LogP contribution in [0.5, 0.6) is 0 Å². The van der Waals surface area contributed by atoms with Crippen LogP contribution in [0.15, 0.2) is 30.3 Å². The number of carbonyl (C=O) groups excluding carboxylic acids is 1. The zero-order valence-electron chi connectivity index (χ0n) is 7.08. The topological polar surface area (TPSA) is 56.7 Å². The SMILES string of the molecule is CNC(=O)C([NH3+])c1ccccc1. The quantitative estimate of drug-likeness (QED) is 0.622. The van der Waals surface area contributed by atoms with Gasteiger partial charge in [-0.25, -0.2) is 0 Å². The van der Waals surface area contributed by atoms with Crippen molar-refractivity contribution in [3.05, 3.63) is 35.9 Å². The Hall–Kier alpha value is -1.35. The van der Waals surface area contributed by atoms with Crippen molar-refractivity contribution in [1.82, 2.24) is 5.32 Å². The van der Waals surface area contributed by atoms with Crippen LogP contribution in [0.2, 0.25) is 0 Å². The first kappa shape index (κ1) is 8.74. The standard InChI is InChI=1S/C9H12N2O/c1-11-9(12)8(10)7-5-3-2-4-6-7/h2-6,8H,10H2,1H3,(H,11,12)/p+1. The normalized spacial score (nSPS) is 12.2. The van der Waals surface area contributed by atoms with Gasteiger partial charge in [-0.2, -0.15) is 0 Å². The molecular formula is C9H13N2O+. The molecule has 1 aromatic rings. The van der Waals surface area contributed by atoms with E-state index in [1.54, 1.807) is 7.05 Å². The Morgan fingerprint density at radius 2 is 2.00 bits per heavy atom. The summed E-state index contributed by atoms with van der Waals surface area (Å²) in [4.78, 5) is 11.1. The highest BCUT2D eigenvalue weighted by atomic mass is 16.2. The van der Waals surface area contributed by atoms with E-state index in [0.29, 0.717) is 0 Å². The third kappa shape index (κ3) is 1.83. The molecule has 0 aromatic heterocycles. The Balaban J connectivity index is 2.78. The van der Waals surface area contributed by atoms with E-state index in [4.69, 9.17) is 0 Å². The van der Waals surface area contributed by atoms with Crippen molar-refractivity contribution in [2.45, 2.75) is 6.04 Å². The molecule has 0 bridgehead atoms. The molecule has 0 saturated heterocycles. The van der Waals surface area contributed by atoms with Crippen LogP contribution in [0.4, 0.5) is 0 Å². The van der Waals surface area contributed by atoms with E-state index in [1.165, 1.54) is 0 Å². The molecule has 1 rings (SSSR count). The van der Waals surface area contributed by atoms with Crippen molar-refractivity contribution < 1.29 is 10.5 Å². The fourth-order valence-electron chi connectivity index (χ4n) is 1.01. The number of hydrogen-bond donors (Lipinski definition) is 2. The molecule has 1 unspecified atom stereocenters. The van der Waals surface area contributed by atoms with E-state index in [9.17, 15) is 4.79 Å². The number of quaternary nitrogens is 1. The Kier molecular flexibility index (Phi) is 2.82. The molecule has 1 aromatic carbocycles. The lowest BCUT2D eigenvalue weighted by Crippen LogP contribution is -2.59. The van der Waals surface area contributed by atoms with Gasteiger partial charge in [0.1, 0.15) is 0 Å². The first-order valence-electron chi connectivity index (χ1n) is 3.85. The summed E-state index contributed by atoms with van der Waals surface area (Å²) < 4.78 is 0. The lowest BCUT2D eigenvalue weighted by atomic mass is 10.1. The van der Waals surface area contributed by atoms with Crippen molar-refractivity contribution in [2.24, 2.45) is 0 Å². The first-order chi connectivity index (χ1) is 5.75. The minimum absolute atomic E-state index is 0.0544. The molecule has 0 spiro atoms. The molecule has 1 amide bonds. The van der Waals surface area contributed by atoms with Gasteiger partial charge in [0.05, 0.1) is 0 Å². The van der Waals surface area contributed by atoms with Crippen molar-refractivity contribution in [1.29, 1.82) is 0 Å². The van der Waals surface area contributed by atoms with Crippen LogP contribution >= 0.6 is 0 Å². The van der Waals surface area contributed by atoms with Gasteiger partial charge >= 0.3 is 0 Å². The minimum atomic E-state index is -0.309. The van der Waals surface area contributed by atoms with Gasteiger partial charge in [-0.1, -0.05) is 30.3 Å². The number of nitrogens with one attached hydrogen (secondary N) is 1. The molecule has 64 valence electrons. The highest BCUT2D eigenvalue weighted by molar-refractivity contribution is 5.81. The van der Waals surface area contributed by atoms with Crippen molar-refractivity contribution >= 4 is 5.91 Å². The molecule has 0 fully saturated rings. The summed E-state index contributed by atoms with van der Waals surface area (Å²) >= 11 is 0. The van der Waals surface area contributed by atoms with Crippen molar-refractivity contribution in [3.8, 4) is 0 Å². The van der Waals surface area contributed by atoms with E-state index < -0.39 is 0 Å². The van der Waals surface area contributed by atoms with E-state index in [-0.39, 0.29) is 11.9 Å². The van der Waals surface area contributed by atoms with Gasteiger partial charge < -0.3 is 11.1 Å². The van der Waals surface area contributed by atoms with Gasteiger partial charge in [0, 0.05) is 12.6 Å². The molecule has 0 saturated carbocycles. The van der Waals surface area contributed by atoms with E-state index >= 15 is 0 Å². The van der Waals surface area contributed by atoms with Crippen LogP contribution < -0.4 is 11.1 Å². The summed E-state index contributed by atoms with van der Waals surface area (Å²) in [5.41, 5.74) is 4.71. The smallest absolute Gasteiger partial charge is 0.282 e. The maximum absolute atomic E-state index is 11.1. The number of likely N-dealkylation sites (N-methyl/N-ethyl adjacent to an activating group) is 1. The highest BCUT2D eigenvalue weighted by Gasteiger charge is 2.16. The molecule has 3 heteroatoms. The Morgan fingerprint density at radius 1 is 1.42 bits per heavy atom. The van der Waals surface area contributed by atoms with Crippen LogP contribution in [-0.2, 0) is 4.79 Å². The van der Waals surface area contributed by atoms with Gasteiger partial charge in [-0.05, 0) is 0 Å². The van der Waals surface area contributed by atoms with Crippen LogP contribution in [0.1, 0.15) is 11.6 Å². The highest BCUT2D eigenvalue weighted by Crippen LogP contribution is 2.06. The second kappa shape index (κ2) is 3.88. The second-order valence-corrected chi connectivity index (χ2v) is 2.58. The molecule has 4 N–H and O–H groups in total. The maximum atomic E-state index is 11.1. The third-order valence-corrected chi connectivity index (χ3v) is 1.76. The van der Waals surface area contributed by atoms with Crippen LogP contribution in [0.3, 0.4) is 0 Å². The van der Waals surface area contributed by atoms with Crippen molar-refractivity contribution in [3.63, 3.8) is 0 Å². The molecule has 3 nitrogen and oxygen atoms in total. The van der Waals surface area contributed by atoms with Gasteiger partial charge in [0.2, 0.25) is 0 Å². The predicted molar refractivity (Wildman–Crippen MR) is 46.1 cm³/mol. The zero-order valence-corrected chi connectivity index (χ0v) is 7.08.